The average molecular weight is 282 g/mol. The normalized spacial score (nSPS) is 10.1. The standard InChI is InChI=1S/C17H18N2O2/c20-17(18-19-21)13-12-16-10-8-15(9-11-16)7-6-14-4-2-1-3-5-14/h1-5,8-11H,6-7,12-13H2,(H,18,20,21). The van der Waals surface area contributed by atoms with E-state index in [2.05, 4.69) is 41.7 Å². The molecule has 1 amide bonds. The van der Waals surface area contributed by atoms with Gasteiger partial charge in [-0.15, -0.1) is 4.91 Å². The Morgan fingerprint density at radius 1 is 0.810 bits per heavy atom. The van der Waals surface area contributed by atoms with E-state index in [4.69, 9.17) is 0 Å². The predicted molar refractivity (Wildman–Crippen MR) is 82.6 cm³/mol. The van der Waals surface area contributed by atoms with Crippen LogP contribution in [0.4, 0.5) is 0 Å². The number of carbonyl (C=O) groups is 1. The van der Waals surface area contributed by atoms with Crippen LogP contribution in [-0.2, 0) is 24.1 Å². The Morgan fingerprint density at radius 3 is 1.90 bits per heavy atom. The minimum Gasteiger partial charge on any atom is -0.273 e. The molecule has 0 radical (unpaired) electrons. The topological polar surface area (TPSA) is 58.5 Å². The first-order chi connectivity index (χ1) is 10.3. The quantitative estimate of drug-likeness (QED) is 0.626. The van der Waals surface area contributed by atoms with Crippen LogP contribution in [0, 0.1) is 4.91 Å². The summed E-state index contributed by atoms with van der Waals surface area (Å²) in [7, 11) is 0. The molecule has 4 nitrogen and oxygen atoms in total. The second kappa shape index (κ2) is 7.94. The minimum atomic E-state index is -0.349. The van der Waals surface area contributed by atoms with Gasteiger partial charge in [0.25, 0.3) is 0 Å². The van der Waals surface area contributed by atoms with Gasteiger partial charge in [-0.1, -0.05) is 54.6 Å². The summed E-state index contributed by atoms with van der Waals surface area (Å²) in [5.41, 5.74) is 5.59. The molecule has 4 heteroatoms. The third-order valence-corrected chi connectivity index (χ3v) is 3.38. The lowest BCUT2D eigenvalue weighted by Crippen LogP contribution is -2.16. The lowest BCUT2D eigenvalue weighted by molar-refractivity contribution is -0.121. The molecule has 2 aromatic rings. The molecule has 0 aliphatic carbocycles. The van der Waals surface area contributed by atoms with Gasteiger partial charge in [0.2, 0.25) is 5.91 Å². The molecular formula is C17H18N2O2. The Labute approximate surface area is 124 Å². The summed E-state index contributed by atoms with van der Waals surface area (Å²) in [6, 6.07) is 18.6. The van der Waals surface area contributed by atoms with Crippen LogP contribution in [0.2, 0.25) is 0 Å². The van der Waals surface area contributed by atoms with Gasteiger partial charge in [-0.3, -0.25) is 4.79 Å². The Morgan fingerprint density at radius 2 is 1.33 bits per heavy atom. The van der Waals surface area contributed by atoms with Gasteiger partial charge in [0.15, 0.2) is 0 Å². The first kappa shape index (κ1) is 14.9. The van der Waals surface area contributed by atoms with Gasteiger partial charge in [0, 0.05) is 6.42 Å². The number of nitrogens with zero attached hydrogens (tertiary/aromatic N) is 1. The van der Waals surface area contributed by atoms with Crippen LogP contribution in [0.25, 0.3) is 0 Å². The van der Waals surface area contributed by atoms with Crippen molar-refractivity contribution in [3.05, 3.63) is 76.2 Å². The largest absolute Gasteiger partial charge is 0.273 e. The number of nitroso groups, excluding NO2 is 1. The maximum atomic E-state index is 11.1. The SMILES string of the molecule is O=NNC(=O)CCc1ccc(CCc2ccccc2)cc1. The molecule has 108 valence electrons. The third kappa shape index (κ3) is 5.18. The van der Waals surface area contributed by atoms with Crippen molar-refractivity contribution in [2.45, 2.75) is 25.7 Å². The molecule has 0 atom stereocenters. The van der Waals surface area contributed by atoms with Crippen molar-refractivity contribution in [1.29, 1.82) is 0 Å². The summed E-state index contributed by atoms with van der Waals surface area (Å²) in [5.74, 6) is -0.349. The number of hydrogen-bond acceptors (Lipinski definition) is 3. The number of carbonyl (C=O) groups excluding carboxylic acids is 1. The number of benzene rings is 2. The van der Waals surface area contributed by atoms with Crippen molar-refractivity contribution in [2.75, 3.05) is 0 Å². The Hall–Kier alpha value is -2.49. The first-order valence-electron chi connectivity index (χ1n) is 7.01. The van der Waals surface area contributed by atoms with Crippen molar-refractivity contribution >= 4 is 5.91 Å². The van der Waals surface area contributed by atoms with Crippen molar-refractivity contribution < 1.29 is 4.79 Å². The zero-order valence-corrected chi connectivity index (χ0v) is 11.8. The summed E-state index contributed by atoms with van der Waals surface area (Å²) >= 11 is 0. The van der Waals surface area contributed by atoms with Gasteiger partial charge < -0.3 is 0 Å². The minimum absolute atomic E-state index is 0.273. The van der Waals surface area contributed by atoms with Crippen LogP contribution in [-0.4, -0.2) is 5.91 Å². The molecule has 1 N–H and O–H groups in total. The molecule has 2 aromatic carbocycles. The number of rotatable bonds is 7. The average Bonchev–Trinajstić information content (AvgIpc) is 2.53. The molecule has 0 aromatic heterocycles. The maximum absolute atomic E-state index is 11.1. The van der Waals surface area contributed by atoms with Crippen LogP contribution < -0.4 is 5.43 Å². The van der Waals surface area contributed by atoms with Crippen molar-refractivity contribution in [3.63, 3.8) is 0 Å². The second-order valence-corrected chi connectivity index (χ2v) is 4.93. The summed E-state index contributed by atoms with van der Waals surface area (Å²) < 4.78 is 0. The third-order valence-electron chi connectivity index (χ3n) is 3.38. The summed E-state index contributed by atoms with van der Waals surface area (Å²) in [6.07, 6.45) is 2.91. The van der Waals surface area contributed by atoms with E-state index < -0.39 is 0 Å². The van der Waals surface area contributed by atoms with E-state index in [0.717, 1.165) is 18.4 Å². The molecule has 0 fully saturated rings. The van der Waals surface area contributed by atoms with E-state index in [1.54, 1.807) is 0 Å². The van der Waals surface area contributed by atoms with E-state index in [0.29, 0.717) is 6.42 Å². The highest BCUT2D eigenvalue weighted by Gasteiger charge is 2.02. The van der Waals surface area contributed by atoms with Gasteiger partial charge in [0.05, 0.1) is 5.29 Å². The van der Waals surface area contributed by atoms with Gasteiger partial charge >= 0.3 is 0 Å². The highest BCUT2D eigenvalue weighted by atomic mass is 16.3. The molecule has 0 unspecified atom stereocenters. The molecule has 0 aliphatic heterocycles. The fourth-order valence-electron chi connectivity index (χ4n) is 2.17. The second-order valence-electron chi connectivity index (χ2n) is 4.93. The summed E-state index contributed by atoms with van der Waals surface area (Å²) in [5, 5.41) is 2.37. The van der Waals surface area contributed by atoms with Gasteiger partial charge in [-0.25, -0.2) is 5.43 Å². The first-order valence-corrected chi connectivity index (χ1v) is 7.01. The van der Waals surface area contributed by atoms with E-state index >= 15 is 0 Å². The van der Waals surface area contributed by atoms with Gasteiger partial charge in [-0.2, -0.15) is 0 Å². The molecular weight excluding hydrogens is 264 g/mol. The molecule has 0 saturated heterocycles. The molecule has 0 spiro atoms. The number of nitrogens with one attached hydrogen (secondary N) is 1. The smallest absolute Gasteiger partial charge is 0.242 e. The van der Waals surface area contributed by atoms with Crippen LogP contribution in [0.5, 0.6) is 0 Å². The van der Waals surface area contributed by atoms with Crippen molar-refractivity contribution in [3.8, 4) is 0 Å². The van der Waals surface area contributed by atoms with Crippen LogP contribution in [0.3, 0.4) is 0 Å². The number of aryl methyl sites for hydroxylation is 3. The summed E-state index contributed by atoms with van der Waals surface area (Å²) in [6.45, 7) is 0. The Bertz CT molecular complexity index is 579. The molecule has 0 heterocycles. The maximum Gasteiger partial charge on any atom is 0.242 e. The molecule has 0 aliphatic rings. The highest BCUT2D eigenvalue weighted by molar-refractivity contribution is 5.75. The van der Waals surface area contributed by atoms with Crippen LogP contribution in [0.1, 0.15) is 23.1 Å². The number of amides is 1. The zero-order chi connectivity index (χ0) is 14.9. The molecule has 21 heavy (non-hydrogen) atoms. The fraction of sp³-hybridized carbons (Fsp3) is 0.235. The monoisotopic (exact) mass is 282 g/mol. The Balaban J connectivity index is 1.81. The van der Waals surface area contributed by atoms with E-state index in [1.165, 1.54) is 11.1 Å². The van der Waals surface area contributed by atoms with E-state index in [1.807, 2.05) is 23.6 Å². The fourth-order valence-corrected chi connectivity index (χ4v) is 2.17. The lowest BCUT2D eigenvalue weighted by atomic mass is 10.0. The van der Waals surface area contributed by atoms with E-state index in [9.17, 15) is 9.70 Å². The van der Waals surface area contributed by atoms with Crippen molar-refractivity contribution in [1.82, 2.24) is 5.43 Å². The van der Waals surface area contributed by atoms with E-state index in [-0.39, 0.29) is 12.3 Å². The molecule has 2 rings (SSSR count). The Kier molecular flexibility index (Phi) is 5.64. The molecule has 0 bridgehead atoms. The van der Waals surface area contributed by atoms with Gasteiger partial charge in [-0.05, 0) is 36.0 Å². The lowest BCUT2D eigenvalue weighted by Gasteiger charge is -2.04. The highest BCUT2D eigenvalue weighted by Crippen LogP contribution is 2.10. The predicted octanol–water partition coefficient (Wildman–Crippen LogP) is 3.20. The van der Waals surface area contributed by atoms with Crippen LogP contribution in [0.15, 0.2) is 59.9 Å². The van der Waals surface area contributed by atoms with Gasteiger partial charge in [0.1, 0.15) is 0 Å². The zero-order valence-electron chi connectivity index (χ0n) is 11.8. The van der Waals surface area contributed by atoms with Crippen molar-refractivity contribution in [2.24, 2.45) is 5.29 Å². The number of hydrogen-bond donors (Lipinski definition) is 1. The van der Waals surface area contributed by atoms with Crippen LogP contribution >= 0.6 is 0 Å². The molecule has 0 saturated carbocycles. The summed E-state index contributed by atoms with van der Waals surface area (Å²) in [4.78, 5) is 21.0.